The number of terminal acetylenes is 2. The minimum atomic E-state index is -0.0621. The SMILES string of the molecule is C#Cc1ccc(/C=C2/c3cc4c(cc3C(=O)N2CCCC)C(=O)N(CCCC)/C4=C/c2ccc(C#C)cc2)cc1. The third-order valence-electron chi connectivity index (χ3n) is 7.47. The van der Waals surface area contributed by atoms with Gasteiger partial charge in [0.05, 0.1) is 22.5 Å². The predicted octanol–water partition coefficient (Wildman–Crippen LogP) is 7.16. The Labute approximate surface area is 237 Å². The first kappa shape index (κ1) is 26.8. The summed E-state index contributed by atoms with van der Waals surface area (Å²) < 4.78 is 0. The number of nitrogens with zero attached hydrogens (tertiary/aromatic N) is 2. The minimum absolute atomic E-state index is 0.0621. The molecule has 0 unspecified atom stereocenters. The van der Waals surface area contributed by atoms with Crippen LogP contribution in [-0.4, -0.2) is 34.7 Å². The van der Waals surface area contributed by atoms with Crippen molar-refractivity contribution in [1.82, 2.24) is 9.80 Å². The fraction of sp³-hybridized carbons (Fsp3) is 0.222. The molecule has 4 nitrogen and oxygen atoms in total. The van der Waals surface area contributed by atoms with Gasteiger partial charge < -0.3 is 9.80 Å². The van der Waals surface area contributed by atoms with Crippen molar-refractivity contribution >= 4 is 35.4 Å². The van der Waals surface area contributed by atoms with E-state index in [1.165, 1.54) is 0 Å². The van der Waals surface area contributed by atoms with Crippen molar-refractivity contribution in [2.45, 2.75) is 39.5 Å². The Hall–Kier alpha value is -4.80. The monoisotopic (exact) mass is 524 g/mol. The molecule has 0 saturated heterocycles. The molecule has 0 atom stereocenters. The third-order valence-corrected chi connectivity index (χ3v) is 7.47. The summed E-state index contributed by atoms with van der Waals surface area (Å²) >= 11 is 0. The Morgan fingerprint density at radius 3 is 1.35 bits per heavy atom. The molecule has 40 heavy (non-hydrogen) atoms. The van der Waals surface area contributed by atoms with Crippen molar-refractivity contribution in [2.24, 2.45) is 0 Å². The van der Waals surface area contributed by atoms with Crippen molar-refractivity contribution in [3.63, 3.8) is 0 Å². The van der Waals surface area contributed by atoms with Crippen LogP contribution in [0.15, 0.2) is 60.7 Å². The number of unbranched alkanes of at least 4 members (excludes halogenated alkanes) is 2. The summed E-state index contributed by atoms with van der Waals surface area (Å²) in [4.78, 5) is 31.1. The Bertz CT molecular complexity index is 1490. The third kappa shape index (κ3) is 4.97. The molecule has 3 aromatic rings. The number of benzene rings is 3. The van der Waals surface area contributed by atoms with E-state index in [4.69, 9.17) is 12.8 Å². The van der Waals surface area contributed by atoms with E-state index in [0.29, 0.717) is 24.2 Å². The molecule has 0 bridgehead atoms. The molecule has 4 heteroatoms. The van der Waals surface area contributed by atoms with Gasteiger partial charge in [0.25, 0.3) is 11.8 Å². The van der Waals surface area contributed by atoms with Crippen LogP contribution in [0.4, 0.5) is 0 Å². The fourth-order valence-corrected chi connectivity index (χ4v) is 5.23. The summed E-state index contributed by atoms with van der Waals surface area (Å²) in [5.41, 5.74) is 8.07. The summed E-state index contributed by atoms with van der Waals surface area (Å²) in [6, 6.07) is 19.3. The lowest BCUT2D eigenvalue weighted by Crippen LogP contribution is -2.25. The van der Waals surface area contributed by atoms with Crippen LogP contribution in [0.2, 0.25) is 0 Å². The first-order chi connectivity index (χ1) is 19.5. The van der Waals surface area contributed by atoms with Gasteiger partial charge in [0.2, 0.25) is 0 Å². The Kier molecular flexibility index (Phi) is 7.72. The van der Waals surface area contributed by atoms with Gasteiger partial charge in [-0.05, 0) is 72.5 Å². The highest BCUT2D eigenvalue weighted by atomic mass is 16.2. The molecule has 0 aromatic heterocycles. The van der Waals surface area contributed by atoms with Gasteiger partial charge in [0.1, 0.15) is 0 Å². The zero-order valence-corrected chi connectivity index (χ0v) is 23.0. The highest BCUT2D eigenvalue weighted by Crippen LogP contribution is 2.42. The molecule has 0 fully saturated rings. The number of carbonyl (C=O) groups is 2. The maximum atomic E-state index is 13.7. The highest BCUT2D eigenvalue weighted by Gasteiger charge is 2.38. The zero-order chi connectivity index (χ0) is 28.2. The molecule has 2 aliphatic rings. The van der Waals surface area contributed by atoms with Crippen molar-refractivity contribution in [2.75, 3.05) is 13.1 Å². The van der Waals surface area contributed by atoms with E-state index in [9.17, 15) is 9.59 Å². The minimum Gasteiger partial charge on any atom is -0.308 e. The average Bonchev–Trinajstić information content (AvgIpc) is 3.39. The summed E-state index contributed by atoms with van der Waals surface area (Å²) in [6.07, 6.45) is 18.9. The van der Waals surface area contributed by atoms with Crippen LogP contribution in [0, 0.1) is 24.7 Å². The number of carbonyl (C=O) groups excluding carboxylic acids is 2. The van der Waals surface area contributed by atoms with Crippen LogP contribution in [0.1, 0.15) is 93.6 Å². The van der Waals surface area contributed by atoms with E-state index >= 15 is 0 Å². The smallest absolute Gasteiger partial charge is 0.259 e. The molecule has 0 saturated carbocycles. The molecular weight excluding hydrogens is 492 g/mol. The van der Waals surface area contributed by atoms with Gasteiger partial charge in [0, 0.05) is 35.3 Å². The Morgan fingerprint density at radius 2 is 1.00 bits per heavy atom. The molecule has 5 rings (SSSR count). The van der Waals surface area contributed by atoms with Gasteiger partial charge in [-0.15, -0.1) is 12.8 Å². The summed E-state index contributed by atoms with van der Waals surface area (Å²) in [7, 11) is 0. The van der Waals surface area contributed by atoms with Gasteiger partial charge in [-0.1, -0.05) is 62.8 Å². The van der Waals surface area contributed by atoms with Crippen LogP contribution in [0.3, 0.4) is 0 Å². The van der Waals surface area contributed by atoms with E-state index in [-0.39, 0.29) is 11.8 Å². The summed E-state index contributed by atoms with van der Waals surface area (Å²) in [6.45, 7) is 5.45. The van der Waals surface area contributed by atoms with Crippen molar-refractivity contribution < 1.29 is 9.59 Å². The lowest BCUT2D eigenvalue weighted by atomic mass is 9.97. The molecule has 2 aliphatic heterocycles. The summed E-state index contributed by atoms with van der Waals surface area (Å²) in [5.74, 6) is 5.18. The van der Waals surface area contributed by atoms with Crippen LogP contribution in [0.25, 0.3) is 23.5 Å². The van der Waals surface area contributed by atoms with Gasteiger partial charge in [-0.2, -0.15) is 0 Å². The topological polar surface area (TPSA) is 40.6 Å². The normalized spacial score (nSPS) is 15.9. The number of hydrogen-bond donors (Lipinski definition) is 0. The van der Waals surface area contributed by atoms with E-state index in [0.717, 1.165) is 70.5 Å². The first-order valence-corrected chi connectivity index (χ1v) is 13.9. The quantitative estimate of drug-likeness (QED) is 0.294. The molecule has 2 amide bonds. The molecule has 0 N–H and O–H groups in total. The molecule has 0 spiro atoms. The molecule has 198 valence electrons. The molecule has 3 aromatic carbocycles. The molecule has 0 radical (unpaired) electrons. The number of rotatable bonds is 8. The zero-order valence-electron chi connectivity index (χ0n) is 23.0. The Balaban J connectivity index is 1.66. The van der Waals surface area contributed by atoms with Crippen LogP contribution >= 0.6 is 0 Å². The lowest BCUT2D eigenvalue weighted by molar-refractivity contribution is 0.0848. The second-order valence-corrected chi connectivity index (χ2v) is 10.2. The largest absolute Gasteiger partial charge is 0.308 e. The van der Waals surface area contributed by atoms with Gasteiger partial charge in [0.15, 0.2) is 0 Å². The van der Waals surface area contributed by atoms with Crippen molar-refractivity contribution in [3.8, 4) is 24.7 Å². The second kappa shape index (κ2) is 11.5. The maximum Gasteiger partial charge on any atom is 0.259 e. The lowest BCUT2D eigenvalue weighted by Gasteiger charge is -2.19. The molecule has 2 heterocycles. The highest BCUT2D eigenvalue weighted by molar-refractivity contribution is 6.17. The van der Waals surface area contributed by atoms with Gasteiger partial charge in [-0.3, -0.25) is 9.59 Å². The second-order valence-electron chi connectivity index (χ2n) is 10.2. The van der Waals surface area contributed by atoms with Gasteiger partial charge >= 0.3 is 0 Å². The van der Waals surface area contributed by atoms with Crippen LogP contribution < -0.4 is 0 Å². The maximum absolute atomic E-state index is 13.7. The van der Waals surface area contributed by atoms with E-state index in [1.807, 2.05) is 76.5 Å². The number of hydrogen-bond acceptors (Lipinski definition) is 2. The average molecular weight is 525 g/mol. The van der Waals surface area contributed by atoms with Crippen LogP contribution in [-0.2, 0) is 0 Å². The summed E-state index contributed by atoms with van der Waals surface area (Å²) in [5, 5.41) is 0. The standard InChI is InChI=1S/C36H32N2O2/c1-5-9-19-37-33(21-27-15-11-25(7-3)12-16-27)29-23-30-32(24-31(29)35(37)39)36(40)38(20-10-6-2)34(30)22-28-17-13-26(8-4)14-18-28/h3-4,11-18,21-24H,5-6,9-10,19-20H2,1-2H3/b33-21-,34-22+. The number of fused-ring (bicyclic) bond motifs is 2. The van der Waals surface area contributed by atoms with Crippen LogP contribution in [0.5, 0.6) is 0 Å². The van der Waals surface area contributed by atoms with Crippen molar-refractivity contribution in [1.29, 1.82) is 0 Å². The van der Waals surface area contributed by atoms with Crippen molar-refractivity contribution in [3.05, 3.63) is 105 Å². The van der Waals surface area contributed by atoms with E-state index in [2.05, 4.69) is 25.7 Å². The van der Waals surface area contributed by atoms with Gasteiger partial charge in [-0.25, -0.2) is 0 Å². The molecule has 0 aliphatic carbocycles. The van der Waals surface area contributed by atoms with E-state index in [1.54, 1.807) is 6.07 Å². The Morgan fingerprint density at radius 1 is 0.625 bits per heavy atom. The van der Waals surface area contributed by atoms with E-state index < -0.39 is 0 Å². The molecular formula is C36H32N2O2. The fourth-order valence-electron chi connectivity index (χ4n) is 5.23. The number of amides is 2. The first-order valence-electron chi connectivity index (χ1n) is 13.9. The predicted molar refractivity (Wildman–Crippen MR) is 163 cm³/mol.